The molecule has 0 bridgehead atoms. The zero-order valence-electron chi connectivity index (χ0n) is 11.6. The minimum atomic E-state index is -2.50. The molecule has 1 aromatic carbocycles. The lowest BCUT2D eigenvalue weighted by molar-refractivity contribution is -0.119. The van der Waals surface area contributed by atoms with Crippen molar-refractivity contribution in [1.82, 2.24) is 9.97 Å². The van der Waals surface area contributed by atoms with Gasteiger partial charge in [-0.25, -0.2) is 9.78 Å². The van der Waals surface area contributed by atoms with Crippen LogP contribution in [0.3, 0.4) is 0 Å². The van der Waals surface area contributed by atoms with E-state index in [4.69, 9.17) is 4.74 Å². The Morgan fingerprint density at radius 1 is 1.22 bits per heavy atom. The number of nitrogens with zero attached hydrogens (tertiary/aromatic N) is 2. The maximum absolute atomic E-state index is 12.2. The second-order valence-corrected chi connectivity index (χ2v) is 5.18. The summed E-state index contributed by atoms with van der Waals surface area (Å²) in [5, 5.41) is 2.48. The number of amides is 1. The summed E-state index contributed by atoms with van der Waals surface area (Å²) in [5.74, 6) is -3.83. The molecule has 120 valence electrons. The first-order valence-corrected chi connectivity index (χ1v) is 7.20. The number of aromatic nitrogens is 2. The number of esters is 1. The Labute approximate surface area is 134 Å². The van der Waals surface area contributed by atoms with Crippen LogP contribution < -0.4 is 5.32 Å². The molecule has 1 heterocycles. The van der Waals surface area contributed by atoms with Gasteiger partial charge in [0.25, 0.3) is 11.7 Å². The molecule has 0 fully saturated rings. The average Bonchev–Trinajstić information content (AvgIpc) is 2.55. The Morgan fingerprint density at radius 3 is 2.57 bits per heavy atom. The maximum atomic E-state index is 12.2. The molecule has 6 nitrogen and oxygen atoms in total. The minimum Gasteiger partial charge on any atom is -0.451 e. The van der Waals surface area contributed by atoms with Gasteiger partial charge in [-0.3, -0.25) is 9.78 Å². The van der Waals surface area contributed by atoms with Crippen molar-refractivity contribution >= 4 is 29.3 Å². The van der Waals surface area contributed by atoms with Gasteiger partial charge in [-0.05, 0) is 24.3 Å². The number of carbonyl (C=O) groups excluding carboxylic acids is 2. The van der Waals surface area contributed by atoms with Gasteiger partial charge < -0.3 is 10.1 Å². The van der Waals surface area contributed by atoms with Crippen molar-refractivity contribution < 1.29 is 23.1 Å². The standard InChI is InChI=1S/C14H11F2N3O3S/c15-14(16)23-10-3-1-9(2-4-10)19-12(20)8-22-13(21)11-7-17-5-6-18-11/h1-7,14H,8H2,(H,19,20). The predicted octanol–water partition coefficient (Wildman–Crippen LogP) is 2.59. The summed E-state index contributed by atoms with van der Waals surface area (Å²) in [7, 11) is 0. The Morgan fingerprint density at radius 2 is 1.96 bits per heavy atom. The molecule has 0 saturated heterocycles. The third kappa shape index (κ3) is 5.62. The quantitative estimate of drug-likeness (QED) is 0.643. The van der Waals surface area contributed by atoms with Gasteiger partial charge in [-0.15, -0.1) is 0 Å². The van der Waals surface area contributed by atoms with Crippen LogP contribution in [0.1, 0.15) is 10.5 Å². The van der Waals surface area contributed by atoms with Crippen molar-refractivity contribution in [1.29, 1.82) is 0 Å². The average molecular weight is 339 g/mol. The molecule has 1 amide bonds. The third-order valence-corrected chi connectivity index (χ3v) is 3.19. The van der Waals surface area contributed by atoms with Crippen LogP contribution in [0.2, 0.25) is 0 Å². The summed E-state index contributed by atoms with van der Waals surface area (Å²) in [6.45, 7) is -0.497. The van der Waals surface area contributed by atoms with Gasteiger partial charge >= 0.3 is 5.97 Å². The van der Waals surface area contributed by atoms with Crippen LogP contribution in [0.25, 0.3) is 0 Å². The highest BCUT2D eigenvalue weighted by atomic mass is 32.2. The molecule has 2 aromatic rings. The first kappa shape index (κ1) is 16.8. The summed E-state index contributed by atoms with van der Waals surface area (Å²) in [6.07, 6.45) is 3.95. The molecule has 0 radical (unpaired) electrons. The monoisotopic (exact) mass is 339 g/mol. The molecular formula is C14H11F2N3O3S. The normalized spacial score (nSPS) is 10.4. The number of thioether (sulfide) groups is 1. The molecule has 23 heavy (non-hydrogen) atoms. The van der Waals surface area contributed by atoms with Gasteiger partial charge in [-0.2, -0.15) is 8.78 Å². The zero-order chi connectivity index (χ0) is 16.7. The molecule has 0 saturated carbocycles. The summed E-state index contributed by atoms with van der Waals surface area (Å²) in [5.41, 5.74) is 0.401. The van der Waals surface area contributed by atoms with Gasteiger partial charge in [0.1, 0.15) is 0 Å². The number of benzene rings is 1. The first-order valence-electron chi connectivity index (χ1n) is 6.32. The second-order valence-electron chi connectivity index (χ2n) is 4.12. The number of ether oxygens (including phenoxy) is 1. The fourth-order valence-corrected chi connectivity index (χ4v) is 2.03. The number of hydrogen-bond acceptors (Lipinski definition) is 6. The van der Waals surface area contributed by atoms with Gasteiger partial charge in [-0.1, -0.05) is 11.8 Å². The lowest BCUT2D eigenvalue weighted by atomic mass is 10.3. The maximum Gasteiger partial charge on any atom is 0.359 e. The van der Waals surface area contributed by atoms with Crippen molar-refractivity contribution in [2.24, 2.45) is 0 Å². The van der Waals surface area contributed by atoms with Crippen molar-refractivity contribution in [2.75, 3.05) is 11.9 Å². The molecule has 0 spiro atoms. The highest BCUT2D eigenvalue weighted by Gasteiger charge is 2.12. The molecule has 0 unspecified atom stereocenters. The number of hydrogen-bond donors (Lipinski definition) is 1. The molecule has 1 N–H and O–H groups in total. The molecule has 0 aliphatic carbocycles. The van der Waals surface area contributed by atoms with E-state index in [2.05, 4.69) is 15.3 Å². The summed E-state index contributed by atoms with van der Waals surface area (Å²) >= 11 is 0.410. The molecule has 1 aromatic heterocycles. The number of alkyl halides is 2. The number of rotatable bonds is 6. The van der Waals surface area contributed by atoms with E-state index in [9.17, 15) is 18.4 Å². The summed E-state index contributed by atoms with van der Waals surface area (Å²) in [4.78, 5) is 31.1. The topological polar surface area (TPSA) is 81.2 Å². The van der Waals surface area contributed by atoms with E-state index in [1.807, 2.05) is 0 Å². The largest absolute Gasteiger partial charge is 0.451 e. The molecule has 0 atom stereocenters. The van der Waals surface area contributed by atoms with Gasteiger partial charge in [0.15, 0.2) is 12.3 Å². The Balaban J connectivity index is 1.81. The van der Waals surface area contributed by atoms with Crippen molar-refractivity contribution in [3.63, 3.8) is 0 Å². The fraction of sp³-hybridized carbons (Fsp3) is 0.143. The Kier molecular flexibility index (Phi) is 5.98. The fourth-order valence-electron chi connectivity index (χ4n) is 1.53. The van der Waals surface area contributed by atoms with E-state index >= 15 is 0 Å². The number of nitrogens with one attached hydrogen (secondary N) is 1. The van der Waals surface area contributed by atoms with Crippen LogP contribution in [-0.2, 0) is 9.53 Å². The van der Waals surface area contributed by atoms with Gasteiger partial charge in [0.05, 0.1) is 6.20 Å². The number of carbonyl (C=O) groups is 2. The van der Waals surface area contributed by atoms with Gasteiger partial charge in [0, 0.05) is 23.0 Å². The molecule has 0 aliphatic heterocycles. The van der Waals surface area contributed by atoms with E-state index in [0.29, 0.717) is 22.3 Å². The first-order chi connectivity index (χ1) is 11.0. The minimum absolute atomic E-state index is 0.00585. The van der Waals surface area contributed by atoms with Gasteiger partial charge in [0.2, 0.25) is 0 Å². The van der Waals surface area contributed by atoms with Crippen LogP contribution in [0.5, 0.6) is 0 Å². The lowest BCUT2D eigenvalue weighted by Crippen LogP contribution is -2.21. The lowest BCUT2D eigenvalue weighted by Gasteiger charge is -2.07. The Hall–Kier alpha value is -2.55. The van der Waals surface area contributed by atoms with Crippen LogP contribution in [0.15, 0.2) is 47.8 Å². The molecule has 0 aliphatic rings. The van der Waals surface area contributed by atoms with Crippen molar-refractivity contribution in [3.05, 3.63) is 48.5 Å². The SMILES string of the molecule is O=C(COC(=O)c1cnccn1)Nc1ccc(SC(F)F)cc1. The van der Waals surface area contributed by atoms with Crippen molar-refractivity contribution in [3.8, 4) is 0 Å². The highest BCUT2D eigenvalue weighted by molar-refractivity contribution is 7.99. The highest BCUT2D eigenvalue weighted by Crippen LogP contribution is 2.26. The van der Waals surface area contributed by atoms with E-state index in [-0.39, 0.29) is 5.69 Å². The molecule has 9 heteroatoms. The molecular weight excluding hydrogens is 328 g/mol. The molecule has 2 rings (SSSR count). The van der Waals surface area contributed by atoms with Crippen LogP contribution >= 0.6 is 11.8 Å². The van der Waals surface area contributed by atoms with Crippen LogP contribution in [0.4, 0.5) is 14.5 Å². The Bertz CT molecular complexity index is 669. The summed E-state index contributed by atoms with van der Waals surface area (Å²) < 4.78 is 29.1. The van der Waals surface area contributed by atoms with Crippen LogP contribution in [-0.4, -0.2) is 34.2 Å². The van der Waals surface area contributed by atoms with E-state index < -0.39 is 24.2 Å². The second kappa shape index (κ2) is 8.18. The summed E-state index contributed by atoms with van der Waals surface area (Å²) in [6, 6.07) is 5.87. The van der Waals surface area contributed by atoms with E-state index in [1.54, 1.807) is 0 Å². The van der Waals surface area contributed by atoms with E-state index in [0.717, 1.165) is 0 Å². The van der Waals surface area contributed by atoms with Crippen LogP contribution in [0, 0.1) is 0 Å². The zero-order valence-corrected chi connectivity index (χ0v) is 12.4. The van der Waals surface area contributed by atoms with Crippen molar-refractivity contribution in [2.45, 2.75) is 10.7 Å². The number of anilines is 1. The predicted molar refractivity (Wildman–Crippen MR) is 79.2 cm³/mol. The number of halogens is 2. The van der Waals surface area contributed by atoms with E-state index in [1.165, 1.54) is 42.9 Å². The third-order valence-electron chi connectivity index (χ3n) is 2.47. The smallest absolute Gasteiger partial charge is 0.359 e.